The molecule has 1 aromatic heterocycles. The van der Waals surface area contributed by atoms with Crippen molar-refractivity contribution in [1.29, 1.82) is 0 Å². The van der Waals surface area contributed by atoms with Gasteiger partial charge in [0.05, 0.1) is 0 Å². The van der Waals surface area contributed by atoms with E-state index in [1.807, 2.05) is 20.8 Å². The van der Waals surface area contributed by atoms with E-state index in [0.29, 0.717) is 12.2 Å². The first kappa shape index (κ1) is 15.7. The number of aromatic nitrogens is 1. The van der Waals surface area contributed by atoms with Gasteiger partial charge in [0.15, 0.2) is 0 Å². The lowest BCUT2D eigenvalue weighted by atomic mass is 9.96. The Labute approximate surface area is 114 Å². The summed E-state index contributed by atoms with van der Waals surface area (Å²) in [5.74, 6) is -0.229. The SMILES string of the molecule is CN(CC(C)(C)C)C(=O)c1cc(S(N)(=O)=O)cn1C. The first-order chi connectivity index (χ1) is 8.42. The van der Waals surface area contributed by atoms with Crippen LogP contribution in [0.1, 0.15) is 31.3 Å². The molecular weight excluding hydrogens is 266 g/mol. The number of hydrogen-bond acceptors (Lipinski definition) is 3. The highest BCUT2D eigenvalue weighted by molar-refractivity contribution is 7.89. The Morgan fingerprint density at radius 1 is 1.42 bits per heavy atom. The Bertz CT molecular complexity index is 582. The van der Waals surface area contributed by atoms with E-state index >= 15 is 0 Å². The molecular formula is C12H21N3O3S. The summed E-state index contributed by atoms with van der Waals surface area (Å²) in [5, 5.41) is 5.05. The normalized spacial score (nSPS) is 12.5. The van der Waals surface area contributed by atoms with Crippen LogP contribution in [0.25, 0.3) is 0 Å². The number of rotatable bonds is 3. The fraction of sp³-hybridized carbons (Fsp3) is 0.583. The van der Waals surface area contributed by atoms with E-state index in [1.165, 1.54) is 16.8 Å². The first-order valence-electron chi connectivity index (χ1n) is 5.86. The number of hydrogen-bond donors (Lipinski definition) is 1. The predicted molar refractivity (Wildman–Crippen MR) is 73.2 cm³/mol. The quantitative estimate of drug-likeness (QED) is 0.892. The number of nitrogens with two attached hydrogens (primary N) is 1. The predicted octanol–water partition coefficient (Wildman–Crippen LogP) is 0.791. The minimum absolute atomic E-state index is 0.0294. The molecule has 0 bridgehead atoms. The van der Waals surface area contributed by atoms with Gasteiger partial charge in [0, 0.05) is 26.8 Å². The summed E-state index contributed by atoms with van der Waals surface area (Å²) in [6.07, 6.45) is 1.34. The maximum atomic E-state index is 12.3. The van der Waals surface area contributed by atoms with Gasteiger partial charge in [-0.05, 0) is 11.5 Å². The number of nitrogens with zero attached hydrogens (tertiary/aromatic N) is 2. The molecule has 1 amide bonds. The molecule has 6 nitrogen and oxygen atoms in total. The van der Waals surface area contributed by atoms with Crippen LogP contribution in [0.3, 0.4) is 0 Å². The number of sulfonamides is 1. The average Bonchev–Trinajstić information content (AvgIpc) is 2.56. The van der Waals surface area contributed by atoms with Crippen LogP contribution in [0, 0.1) is 5.41 Å². The Kier molecular flexibility index (Phi) is 4.11. The third kappa shape index (κ3) is 4.07. The highest BCUT2D eigenvalue weighted by Gasteiger charge is 2.23. The van der Waals surface area contributed by atoms with Gasteiger partial charge in [-0.15, -0.1) is 0 Å². The highest BCUT2D eigenvalue weighted by atomic mass is 32.2. The molecule has 0 aliphatic heterocycles. The molecule has 0 fully saturated rings. The second-order valence-electron chi connectivity index (χ2n) is 5.94. The van der Waals surface area contributed by atoms with Crippen LogP contribution in [-0.4, -0.2) is 37.4 Å². The van der Waals surface area contributed by atoms with E-state index < -0.39 is 10.0 Å². The van der Waals surface area contributed by atoms with E-state index in [0.717, 1.165) is 0 Å². The fourth-order valence-corrected chi connectivity index (χ4v) is 2.46. The van der Waals surface area contributed by atoms with Crippen molar-refractivity contribution in [3.8, 4) is 0 Å². The van der Waals surface area contributed by atoms with Crippen molar-refractivity contribution in [3.63, 3.8) is 0 Å². The standard InChI is InChI=1S/C12H21N3O3S/c1-12(2,3)8-15(5)11(16)10-6-9(7-14(10)4)19(13,17)18/h6-7H,8H2,1-5H3,(H2,13,17,18). The summed E-state index contributed by atoms with van der Waals surface area (Å²) in [7, 11) is -0.481. The molecule has 7 heteroatoms. The molecule has 0 radical (unpaired) electrons. The van der Waals surface area contributed by atoms with Crippen molar-refractivity contribution in [2.75, 3.05) is 13.6 Å². The van der Waals surface area contributed by atoms with Gasteiger partial charge >= 0.3 is 0 Å². The summed E-state index contributed by atoms with van der Waals surface area (Å²) in [6.45, 7) is 6.65. The molecule has 0 saturated heterocycles. The summed E-state index contributed by atoms with van der Waals surface area (Å²) in [4.78, 5) is 13.8. The minimum atomic E-state index is -3.79. The molecule has 0 aliphatic rings. The van der Waals surface area contributed by atoms with Crippen LogP contribution in [0.5, 0.6) is 0 Å². The number of carbonyl (C=O) groups is 1. The molecule has 0 spiro atoms. The molecule has 0 atom stereocenters. The second kappa shape index (κ2) is 4.97. The van der Waals surface area contributed by atoms with Crippen LogP contribution in [-0.2, 0) is 17.1 Å². The van der Waals surface area contributed by atoms with E-state index in [2.05, 4.69) is 0 Å². The molecule has 0 aliphatic carbocycles. The van der Waals surface area contributed by atoms with Gasteiger partial charge in [-0.3, -0.25) is 4.79 Å². The van der Waals surface area contributed by atoms with E-state index in [4.69, 9.17) is 5.14 Å². The lowest BCUT2D eigenvalue weighted by Crippen LogP contribution is -2.35. The van der Waals surface area contributed by atoms with Gasteiger partial charge in [-0.2, -0.15) is 0 Å². The molecule has 0 aromatic carbocycles. The Morgan fingerprint density at radius 2 is 1.95 bits per heavy atom. The third-order valence-electron chi connectivity index (χ3n) is 2.59. The van der Waals surface area contributed by atoms with Crippen molar-refractivity contribution in [2.45, 2.75) is 25.7 Å². The van der Waals surface area contributed by atoms with Crippen molar-refractivity contribution in [1.82, 2.24) is 9.47 Å². The van der Waals surface area contributed by atoms with Crippen LogP contribution in [0.15, 0.2) is 17.2 Å². The van der Waals surface area contributed by atoms with Crippen molar-refractivity contribution < 1.29 is 13.2 Å². The smallest absolute Gasteiger partial charge is 0.270 e. The minimum Gasteiger partial charge on any atom is -0.345 e. The molecule has 1 heterocycles. The maximum absolute atomic E-state index is 12.3. The Balaban J connectivity index is 3.04. The lowest BCUT2D eigenvalue weighted by molar-refractivity contribution is 0.0736. The van der Waals surface area contributed by atoms with Gasteiger partial charge in [0.1, 0.15) is 10.6 Å². The lowest BCUT2D eigenvalue weighted by Gasteiger charge is -2.26. The molecule has 19 heavy (non-hydrogen) atoms. The van der Waals surface area contributed by atoms with Gasteiger partial charge in [0.2, 0.25) is 10.0 Å². The van der Waals surface area contributed by atoms with E-state index in [9.17, 15) is 13.2 Å². The molecule has 1 rings (SSSR count). The summed E-state index contributed by atoms with van der Waals surface area (Å²) in [6, 6.07) is 1.30. The Hall–Kier alpha value is -1.34. The number of carbonyl (C=O) groups excluding carboxylic acids is 1. The molecule has 2 N–H and O–H groups in total. The third-order valence-corrected chi connectivity index (χ3v) is 3.47. The number of aryl methyl sites for hydroxylation is 1. The zero-order valence-corrected chi connectivity index (χ0v) is 12.8. The van der Waals surface area contributed by atoms with Crippen LogP contribution in [0.4, 0.5) is 0 Å². The summed E-state index contributed by atoms with van der Waals surface area (Å²) < 4.78 is 24.0. The molecule has 1 aromatic rings. The highest BCUT2D eigenvalue weighted by Crippen LogP contribution is 2.18. The van der Waals surface area contributed by atoms with Gasteiger partial charge in [-0.25, -0.2) is 13.6 Å². The van der Waals surface area contributed by atoms with Gasteiger partial charge < -0.3 is 9.47 Å². The largest absolute Gasteiger partial charge is 0.345 e. The van der Waals surface area contributed by atoms with Crippen molar-refractivity contribution >= 4 is 15.9 Å². The van der Waals surface area contributed by atoms with Crippen molar-refractivity contribution in [3.05, 3.63) is 18.0 Å². The molecule has 0 saturated carbocycles. The topological polar surface area (TPSA) is 85.4 Å². The second-order valence-corrected chi connectivity index (χ2v) is 7.50. The first-order valence-corrected chi connectivity index (χ1v) is 7.41. The monoisotopic (exact) mass is 287 g/mol. The number of amides is 1. The molecule has 108 valence electrons. The van der Waals surface area contributed by atoms with Crippen LogP contribution >= 0.6 is 0 Å². The Morgan fingerprint density at radius 3 is 2.32 bits per heavy atom. The van der Waals surface area contributed by atoms with Crippen LogP contribution < -0.4 is 5.14 Å². The van der Waals surface area contributed by atoms with Crippen molar-refractivity contribution in [2.24, 2.45) is 17.6 Å². The average molecular weight is 287 g/mol. The fourth-order valence-electron chi connectivity index (χ4n) is 1.88. The summed E-state index contributed by atoms with van der Waals surface area (Å²) in [5.41, 5.74) is 0.272. The van der Waals surface area contributed by atoms with E-state index in [-0.39, 0.29) is 16.2 Å². The van der Waals surface area contributed by atoms with Gasteiger partial charge in [-0.1, -0.05) is 20.8 Å². The van der Waals surface area contributed by atoms with E-state index in [1.54, 1.807) is 19.0 Å². The zero-order valence-electron chi connectivity index (χ0n) is 12.0. The zero-order chi connectivity index (χ0) is 15.0. The number of primary sulfonamides is 1. The van der Waals surface area contributed by atoms with Crippen LogP contribution in [0.2, 0.25) is 0 Å². The summed E-state index contributed by atoms with van der Waals surface area (Å²) >= 11 is 0. The maximum Gasteiger partial charge on any atom is 0.270 e. The molecule has 0 unspecified atom stereocenters. The van der Waals surface area contributed by atoms with Gasteiger partial charge in [0.25, 0.3) is 5.91 Å².